The van der Waals surface area contributed by atoms with Crippen molar-refractivity contribution in [2.24, 2.45) is 11.8 Å². The number of amides is 1. The summed E-state index contributed by atoms with van der Waals surface area (Å²) in [6, 6.07) is 3.98. The Hall–Kier alpha value is -1.93. The van der Waals surface area contributed by atoms with E-state index in [1.54, 1.807) is 0 Å². The van der Waals surface area contributed by atoms with Crippen LogP contribution in [0.15, 0.2) is 23.1 Å². The highest BCUT2D eigenvalue weighted by Crippen LogP contribution is 2.22. The molecule has 1 saturated heterocycles. The fourth-order valence-corrected chi connectivity index (χ4v) is 2.94. The molecule has 1 aromatic rings. The van der Waals surface area contributed by atoms with Gasteiger partial charge in [-0.3, -0.25) is 4.79 Å². The number of sulfone groups is 1. The Morgan fingerprint density at radius 2 is 1.96 bits per heavy atom. The lowest BCUT2D eigenvalue weighted by atomic mass is 9.88. The summed E-state index contributed by atoms with van der Waals surface area (Å²) in [7, 11) is -2.32. The van der Waals surface area contributed by atoms with Crippen LogP contribution < -0.4 is 10.6 Å². The molecule has 1 amide bonds. The van der Waals surface area contributed by atoms with Crippen LogP contribution in [0, 0.1) is 11.8 Å². The van der Waals surface area contributed by atoms with E-state index in [-0.39, 0.29) is 33.9 Å². The van der Waals surface area contributed by atoms with Crippen LogP contribution in [0.2, 0.25) is 0 Å². The second-order valence-corrected chi connectivity index (χ2v) is 7.72. The van der Waals surface area contributed by atoms with Crippen LogP contribution in [-0.2, 0) is 19.4 Å². The number of ether oxygens (including phenoxy) is 1. The van der Waals surface area contributed by atoms with E-state index in [1.165, 1.54) is 25.3 Å². The zero-order valence-corrected chi connectivity index (χ0v) is 14.1. The minimum atomic E-state index is -3.52. The third kappa shape index (κ3) is 4.08. The Balaban J connectivity index is 2.29. The normalized spacial score (nSPS) is 16.3. The predicted molar refractivity (Wildman–Crippen MR) is 85.0 cm³/mol. The van der Waals surface area contributed by atoms with Gasteiger partial charge in [-0.2, -0.15) is 0 Å². The molecular formula is C15H20N2O5S. The zero-order valence-electron chi connectivity index (χ0n) is 13.3. The molecule has 1 aliphatic heterocycles. The van der Waals surface area contributed by atoms with Gasteiger partial charge >= 0.3 is 5.97 Å². The number of carbonyl (C=O) groups excluding carboxylic acids is 2. The first kappa shape index (κ1) is 17.4. The summed E-state index contributed by atoms with van der Waals surface area (Å²) in [5, 5.41) is 5.78. The summed E-state index contributed by atoms with van der Waals surface area (Å²) in [6.07, 6.45) is 1.04. The molecule has 1 atom stereocenters. The van der Waals surface area contributed by atoms with Gasteiger partial charge in [0.15, 0.2) is 9.84 Å². The van der Waals surface area contributed by atoms with E-state index in [0.29, 0.717) is 0 Å². The maximum absolute atomic E-state index is 12.3. The molecule has 1 fully saturated rings. The number of esters is 1. The summed E-state index contributed by atoms with van der Waals surface area (Å²) in [5.41, 5.74) is 0.334. The second-order valence-electron chi connectivity index (χ2n) is 5.71. The van der Waals surface area contributed by atoms with Gasteiger partial charge in [0.25, 0.3) is 0 Å². The number of rotatable bonds is 5. The minimum absolute atomic E-state index is 0.0475. The third-order valence-corrected chi connectivity index (χ3v) is 5.05. The van der Waals surface area contributed by atoms with Crippen LogP contribution >= 0.6 is 0 Å². The van der Waals surface area contributed by atoms with E-state index in [9.17, 15) is 18.0 Å². The summed E-state index contributed by atoms with van der Waals surface area (Å²) in [4.78, 5) is 23.9. The van der Waals surface area contributed by atoms with Crippen molar-refractivity contribution in [1.29, 1.82) is 0 Å². The summed E-state index contributed by atoms with van der Waals surface area (Å²) >= 11 is 0. The summed E-state index contributed by atoms with van der Waals surface area (Å²) in [6.45, 7) is 3.39. The molecule has 8 heteroatoms. The molecule has 7 nitrogen and oxygen atoms in total. The van der Waals surface area contributed by atoms with Crippen molar-refractivity contribution >= 4 is 27.4 Å². The number of hydrogen-bond acceptors (Lipinski definition) is 6. The van der Waals surface area contributed by atoms with Gasteiger partial charge in [0.05, 0.1) is 17.6 Å². The highest BCUT2D eigenvalue weighted by Gasteiger charge is 2.29. The predicted octanol–water partition coefficient (Wildman–Crippen LogP) is 0.671. The highest BCUT2D eigenvalue weighted by molar-refractivity contribution is 7.90. The largest absolute Gasteiger partial charge is 0.465 e. The van der Waals surface area contributed by atoms with E-state index in [2.05, 4.69) is 15.4 Å². The fraction of sp³-hybridized carbons (Fsp3) is 0.467. The SMILES string of the molecule is COC(=O)c1cc(NC(=O)C(C)C2CNC2)cc(S(C)(=O)=O)c1. The molecule has 0 radical (unpaired) electrons. The molecule has 1 heterocycles. The summed E-state index contributed by atoms with van der Waals surface area (Å²) in [5.74, 6) is -0.826. The number of methoxy groups -OCH3 is 1. The zero-order chi connectivity index (χ0) is 17.2. The monoisotopic (exact) mass is 340 g/mol. The number of anilines is 1. The van der Waals surface area contributed by atoms with Crippen molar-refractivity contribution in [3.8, 4) is 0 Å². The van der Waals surface area contributed by atoms with Crippen LogP contribution in [0.1, 0.15) is 17.3 Å². The molecule has 23 heavy (non-hydrogen) atoms. The van der Waals surface area contributed by atoms with Gasteiger partial charge in [0, 0.05) is 17.9 Å². The number of nitrogens with one attached hydrogen (secondary N) is 2. The van der Waals surface area contributed by atoms with Crippen molar-refractivity contribution in [2.75, 3.05) is 31.8 Å². The Bertz CT molecular complexity index is 725. The summed E-state index contributed by atoms with van der Waals surface area (Å²) < 4.78 is 28.1. The standard InChI is InChI=1S/C15H20N2O5S/c1-9(11-7-16-8-11)14(18)17-12-4-10(15(19)22-2)5-13(6-12)23(3,20)21/h4-6,9,11,16H,7-8H2,1-3H3,(H,17,18). The molecule has 0 saturated carbocycles. The van der Waals surface area contributed by atoms with Crippen molar-refractivity contribution in [2.45, 2.75) is 11.8 Å². The molecule has 0 aliphatic carbocycles. The second kappa shape index (κ2) is 6.67. The van der Waals surface area contributed by atoms with Crippen molar-refractivity contribution in [3.63, 3.8) is 0 Å². The molecule has 0 aromatic heterocycles. The molecule has 0 spiro atoms. The quantitative estimate of drug-likeness (QED) is 0.764. The van der Waals surface area contributed by atoms with E-state index in [1.807, 2.05) is 6.92 Å². The third-order valence-electron chi connectivity index (χ3n) is 3.96. The fourth-order valence-electron chi connectivity index (χ4n) is 2.26. The van der Waals surface area contributed by atoms with Gasteiger partial charge in [0.1, 0.15) is 0 Å². The Morgan fingerprint density at radius 1 is 1.30 bits per heavy atom. The van der Waals surface area contributed by atoms with Crippen LogP contribution in [0.4, 0.5) is 5.69 Å². The van der Waals surface area contributed by atoms with Crippen molar-refractivity contribution in [3.05, 3.63) is 23.8 Å². The first-order chi connectivity index (χ1) is 10.7. The van der Waals surface area contributed by atoms with Gasteiger partial charge in [-0.05, 0) is 37.2 Å². The first-order valence-electron chi connectivity index (χ1n) is 7.17. The molecule has 1 aromatic carbocycles. The van der Waals surface area contributed by atoms with Gasteiger partial charge in [-0.15, -0.1) is 0 Å². The Labute approximate surface area is 135 Å². The van der Waals surface area contributed by atoms with E-state index < -0.39 is 15.8 Å². The molecule has 1 aliphatic rings. The van der Waals surface area contributed by atoms with Gasteiger partial charge < -0.3 is 15.4 Å². The maximum Gasteiger partial charge on any atom is 0.337 e. The van der Waals surface area contributed by atoms with Crippen LogP contribution in [0.3, 0.4) is 0 Å². The maximum atomic E-state index is 12.3. The minimum Gasteiger partial charge on any atom is -0.465 e. The lowest BCUT2D eigenvalue weighted by Crippen LogP contribution is -2.48. The lowest BCUT2D eigenvalue weighted by Gasteiger charge is -2.31. The van der Waals surface area contributed by atoms with E-state index in [4.69, 9.17) is 0 Å². The number of benzene rings is 1. The van der Waals surface area contributed by atoms with Crippen molar-refractivity contribution < 1.29 is 22.7 Å². The average Bonchev–Trinajstić information content (AvgIpc) is 2.43. The Kier molecular flexibility index (Phi) is 5.06. The average molecular weight is 340 g/mol. The van der Waals surface area contributed by atoms with E-state index >= 15 is 0 Å². The molecule has 2 rings (SSSR count). The highest BCUT2D eigenvalue weighted by atomic mass is 32.2. The Morgan fingerprint density at radius 3 is 2.43 bits per heavy atom. The van der Waals surface area contributed by atoms with Crippen molar-refractivity contribution in [1.82, 2.24) is 5.32 Å². The van der Waals surface area contributed by atoms with Gasteiger partial charge in [0.2, 0.25) is 5.91 Å². The van der Waals surface area contributed by atoms with E-state index in [0.717, 1.165) is 19.3 Å². The molecule has 2 N–H and O–H groups in total. The van der Waals surface area contributed by atoms with Gasteiger partial charge in [-0.1, -0.05) is 6.92 Å². The first-order valence-corrected chi connectivity index (χ1v) is 9.06. The topological polar surface area (TPSA) is 102 Å². The van der Waals surface area contributed by atoms with Crippen LogP contribution in [0.25, 0.3) is 0 Å². The van der Waals surface area contributed by atoms with Gasteiger partial charge in [-0.25, -0.2) is 13.2 Å². The number of carbonyl (C=O) groups is 2. The molecule has 0 bridgehead atoms. The molecule has 1 unspecified atom stereocenters. The van der Waals surface area contributed by atoms with Crippen LogP contribution in [0.5, 0.6) is 0 Å². The smallest absolute Gasteiger partial charge is 0.337 e. The molecular weight excluding hydrogens is 320 g/mol. The lowest BCUT2D eigenvalue weighted by molar-refractivity contribution is -0.121. The van der Waals surface area contributed by atoms with Crippen LogP contribution in [-0.4, -0.2) is 46.7 Å². The molecule has 126 valence electrons. The number of hydrogen-bond donors (Lipinski definition) is 2.